The highest BCUT2D eigenvalue weighted by molar-refractivity contribution is 5.76. The third kappa shape index (κ3) is 4.83. The predicted octanol–water partition coefficient (Wildman–Crippen LogP) is 2.67. The number of nitrogens with zero attached hydrogens (tertiary/aromatic N) is 3. The van der Waals surface area contributed by atoms with Crippen molar-refractivity contribution in [2.75, 3.05) is 52.4 Å². The Balaban J connectivity index is 1.43. The van der Waals surface area contributed by atoms with Crippen molar-refractivity contribution in [3.63, 3.8) is 0 Å². The number of likely N-dealkylation sites (N-methyl/N-ethyl adjacent to an activating group) is 1. The van der Waals surface area contributed by atoms with Gasteiger partial charge in [0.15, 0.2) is 0 Å². The number of piperidine rings is 1. The number of hydrogen-bond donors (Lipinski definition) is 0. The third-order valence-corrected chi connectivity index (χ3v) is 6.04. The molecule has 25 heavy (non-hydrogen) atoms. The van der Waals surface area contributed by atoms with Gasteiger partial charge in [0.2, 0.25) is 5.91 Å². The topological polar surface area (TPSA) is 26.8 Å². The van der Waals surface area contributed by atoms with Crippen molar-refractivity contribution in [2.45, 2.75) is 32.6 Å². The smallest absolute Gasteiger partial charge is 0.223 e. The van der Waals surface area contributed by atoms with Crippen molar-refractivity contribution in [3.05, 3.63) is 35.9 Å². The van der Waals surface area contributed by atoms with E-state index in [0.717, 1.165) is 58.8 Å². The molecule has 2 fully saturated rings. The van der Waals surface area contributed by atoms with Crippen molar-refractivity contribution in [2.24, 2.45) is 5.92 Å². The molecule has 0 spiro atoms. The minimum absolute atomic E-state index is 0.344. The van der Waals surface area contributed by atoms with Crippen LogP contribution in [0, 0.1) is 5.92 Å². The summed E-state index contributed by atoms with van der Waals surface area (Å²) in [5.74, 6) is 1.47. The molecule has 0 N–H and O–H groups in total. The summed E-state index contributed by atoms with van der Waals surface area (Å²) in [7, 11) is 0. The maximum Gasteiger partial charge on any atom is 0.223 e. The fourth-order valence-electron chi connectivity index (χ4n) is 4.31. The van der Waals surface area contributed by atoms with Crippen molar-refractivity contribution >= 4 is 5.91 Å². The molecule has 3 rings (SSSR count). The van der Waals surface area contributed by atoms with E-state index in [2.05, 4.69) is 58.9 Å². The molecule has 4 nitrogen and oxygen atoms in total. The van der Waals surface area contributed by atoms with Crippen LogP contribution in [0.3, 0.4) is 0 Å². The fourth-order valence-corrected chi connectivity index (χ4v) is 4.31. The van der Waals surface area contributed by atoms with Gasteiger partial charge in [-0.3, -0.25) is 4.79 Å². The molecule has 2 heterocycles. The van der Waals surface area contributed by atoms with Crippen molar-refractivity contribution in [1.82, 2.24) is 14.7 Å². The molecule has 2 atom stereocenters. The van der Waals surface area contributed by atoms with E-state index in [9.17, 15) is 4.79 Å². The summed E-state index contributed by atoms with van der Waals surface area (Å²) in [5.41, 5.74) is 1.43. The average molecular weight is 344 g/mol. The number of hydrogen-bond acceptors (Lipinski definition) is 3. The fraction of sp³-hybridized carbons (Fsp3) is 0.667. The molecular weight excluding hydrogens is 310 g/mol. The summed E-state index contributed by atoms with van der Waals surface area (Å²) >= 11 is 0. The molecule has 0 unspecified atom stereocenters. The number of likely N-dealkylation sites (tertiary alicyclic amines) is 1. The number of amides is 1. The maximum absolute atomic E-state index is 12.6. The van der Waals surface area contributed by atoms with E-state index in [4.69, 9.17) is 0 Å². The lowest BCUT2D eigenvalue weighted by Gasteiger charge is -2.38. The summed E-state index contributed by atoms with van der Waals surface area (Å²) < 4.78 is 0. The first-order valence-electron chi connectivity index (χ1n) is 9.94. The van der Waals surface area contributed by atoms with E-state index in [0.29, 0.717) is 24.2 Å². The second-order valence-corrected chi connectivity index (χ2v) is 7.65. The summed E-state index contributed by atoms with van der Waals surface area (Å²) in [4.78, 5) is 19.7. The molecule has 2 aliphatic rings. The van der Waals surface area contributed by atoms with Crippen molar-refractivity contribution < 1.29 is 4.79 Å². The molecule has 0 aromatic heterocycles. The summed E-state index contributed by atoms with van der Waals surface area (Å²) in [5, 5.41) is 0. The lowest BCUT2D eigenvalue weighted by molar-refractivity contribution is -0.133. The SMILES string of the molecule is CCN1CCN(CCC(=O)N2CC[C@H](c3ccccc3)[C@@H](C)C2)CC1. The average Bonchev–Trinajstić information content (AvgIpc) is 2.67. The van der Waals surface area contributed by atoms with Crippen LogP contribution in [-0.2, 0) is 4.79 Å². The Morgan fingerprint density at radius 2 is 1.72 bits per heavy atom. The first kappa shape index (κ1) is 18.4. The van der Waals surface area contributed by atoms with Crippen molar-refractivity contribution in [1.29, 1.82) is 0 Å². The largest absolute Gasteiger partial charge is 0.342 e. The molecule has 1 aromatic rings. The van der Waals surface area contributed by atoms with Crippen LogP contribution >= 0.6 is 0 Å². The molecule has 0 bridgehead atoms. The van der Waals surface area contributed by atoms with Gasteiger partial charge in [-0.25, -0.2) is 0 Å². The van der Waals surface area contributed by atoms with Gasteiger partial charge in [-0.05, 0) is 30.4 Å². The van der Waals surface area contributed by atoms with Gasteiger partial charge in [0.1, 0.15) is 0 Å². The molecule has 2 saturated heterocycles. The van der Waals surface area contributed by atoms with Gasteiger partial charge in [-0.15, -0.1) is 0 Å². The van der Waals surface area contributed by atoms with Gasteiger partial charge in [0.05, 0.1) is 0 Å². The predicted molar refractivity (Wildman–Crippen MR) is 103 cm³/mol. The Bertz CT molecular complexity index is 539. The molecule has 4 heteroatoms. The zero-order valence-electron chi connectivity index (χ0n) is 15.9. The van der Waals surface area contributed by atoms with E-state index >= 15 is 0 Å². The zero-order chi connectivity index (χ0) is 17.6. The Morgan fingerprint density at radius 3 is 2.36 bits per heavy atom. The summed E-state index contributed by atoms with van der Waals surface area (Å²) in [6, 6.07) is 10.8. The van der Waals surface area contributed by atoms with Crippen LogP contribution in [0.15, 0.2) is 30.3 Å². The minimum atomic E-state index is 0.344. The van der Waals surface area contributed by atoms with Gasteiger partial charge in [-0.1, -0.05) is 44.2 Å². The number of rotatable bonds is 5. The second kappa shape index (κ2) is 8.81. The quantitative estimate of drug-likeness (QED) is 0.822. The van der Waals surface area contributed by atoms with Crippen LogP contribution in [0.2, 0.25) is 0 Å². The van der Waals surface area contributed by atoms with Crippen LogP contribution in [0.4, 0.5) is 0 Å². The van der Waals surface area contributed by atoms with Gasteiger partial charge in [0.25, 0.3) is 0 Å². The number of carbonyl (C=O) groups is 1. The molecule has 138 valence electrons. The molecule has 0 radical (unpaired) electrons. The zero-order valence-corrected chi connectivity index (χ0v) is 15.9. The van der Waals surface area contributed by atoms with Gasteiger partial charge in [0, 0.05) is 52.2 Å². The Kier molecular flexibility index (Phi) is 6.49. The van der Waals surface area contributed by atoms with E-state index in [-0.39, 0.29) is 0 Å². The molecule has 0 aliphatic carbocycles. The molecule has 2 aliphatic heterocycles. The van der Waals surface area contributed by atoms with Gasteiger partial charge < -0.3 is 14.7 Å². The van der Waals surface area contributed by atoms with E-state index in [1.165, 1.54) is 5.56 Å². The van der Waals surface area contributed by atoms with Crippen LogP contribution in [0.5, 0.6) is 0 Å². The number of piperazine rings is 1. The first-order chi connectivity index (χ1) is 12.2. The summed E-state index contributed by atoms with van der Waals surface area (Å²) in [6.07, 6.45) is 1.76. The monoisotopic (exact) mass is 343 g/mol. The van der Waals surface area contributed by atoms with E-state index in [1.807, 2.05) is 0 Å². The maximum atomic E-state index is 12.6. The highest BCUT2D eigenvalue weighted by Gasteiger charge is 2.29. The van der Waals surface area contributed by atoms with Crippen LogP contribution in [0.1, 0.15) is 38.2 Å². The second-order valence-electron chi connectivity index (χ2n) is 7.65. The lowest BCUT2D eigenvalue weighted by atomic mass is 9.81. The molecular formula is C21H33N3O. The standard InChI is InChI=1S/C21H33N3O/c1-3-22-13-15-23(16-14-22)11-10-21(25)24-12-9-20(18(2)17-24)19-7-5-4-6-8-19/h4-8,18,20H,3,9-17H2,1-2H3/t18-,20-/m0/s1. The van der Waals surface area contributed by atoms with Gasteiger partial charge >= 0.3 is 0 Å². The minimum Gasteiger partial charge on any atom is -0.342 e. The first-order valence-corrected chi connectivity index (χ1v) is 9.94. The van der Waals surface area contributed by atoms with Crippen LogP contribution < -0.4 is 0 Å². The normalized spacial score (nSPS) is 25.9. The van der Waals surface area contributed by atoms with Gasteiger partial charge in [-0.2, -0.15) is 0 Å². The Morgan fingerprint density at radius 1 is 1.04 bits per heavy atom. The molecule has 1 amide bonds. The Hall–Kier alpha value is -1.39. The van der Waals surface area contributed by atoms with Crippen LogP contribution in [0.25, 0.3) is 0 Å². The van der Waals surface area contributed by atoms with E-state index < -0.39 is 0 Å². The van der Waals surface area contributed by atoms with Crippen molar-refractivity contribution in [3.8, 4) is 0 Å². The van der Waals surface area contributed by atoms with E-state index in [1.54, 1.807) is 0 Å². The highest BCUT2D eigenvalue weighted by atomic mass is 16.2. The number of carbonyl (C=O) groups excluding carboxylic acids is 1. The summed E-state index contributed by atoms with van der Waals surface area (Å²) in [6.45, 7) is 12.9. The molecule has 0 saturated carbocycles. The highest BCUT2D eigenvalue weighted by Crippen LogP contribution is 2.32. The Labute approximate surface area is 152 Å². The number of benzene rings is 1. The third-order valence-electron chi connectivity index (χ3n) is 6.04. The van der Waals surface area contributed by atoms with Crippen LogP contribution in [-0.4, -0.2) is 73.0 Å². The lowest BCUT2D eigenvalue weighted by Crippen LogP contribution is -2.48. The molecule has 1 aromatic carbocycles.